The summed E-state index contributed by atoms with van der Waals surface area (Å²) in [6.07, 6.45) is 1.49. The predicted molar refractivity (Wildman–Crippen MR) is 85.5 cm³/mol. The highest BCUT2D eigenvalue weighted by molar-refractivity contribution is 5.96. The lowest BCUT2D eigenvalue weighted by Gasteiger charge is -2.10. The van der Waals surface area contributed by atoms with Gasteiger partial charge in [0.1, 0.15) is 11.4 Å². The van der Waals surface area contributed by atoms with E-state index in [9.17, 15) is 14.0 Å². The number of hydrogen-bond donors (Lipinski definition) is 1. The zero-order valence-electron chi connectivity index (χ0n) is 13.3. The second kappa shape index (κ2) is 8.05. The number of carbonyl (C=O) groups excluding carboxylic acids is 2. The van der Waals surface area contributed by atoms with Gasteiger partial charge in [0.05, 0.1) is 6.61 Å². The zero-order chi connectivity index (χ0) is 17.5. The highest BCUT2D eigenvalue weighted by Crippen LogP contribution is 2.17. The lowest BCUT2D eigenvalue weighted by Crippen LogP contribution is -2.21. The number of anilines is 1. The van der Waals surface area contributed by atoms with Gasteiger partial charge in [0.2, 0.25) is 5.88 Å². The summed E-state index contributed by atoms with van der Waals surface area (Å²) in [5, 5.41) is 2.49. The molecule has 0 bridgehead atoms. The average Bonchev–Trinajstić information content (AvgIpc) is 2.57. The molecule has 2 aromatic rings. The first-order chi connectivity index (χ1) is 11.5. The van der Waals surface area contributed by atoms with Crippen LogP contribution in [0, 0.1) is 12.7 Å². The molecule has 0 unspecified atom stereocenters. The quantitative estimate of drug-likeness (QED) is 0.823. The minimum atomic E-state index is -0.724. The molecule has 0 aliphatic heterocycles. The largest absolute Gasteiger partial charge is 0.477 e. The summed E-state index contributed by atoms with van der Waals surface area (Å²) in [6.45, 7) is 3.33. The van der Waals surface area contributed by atoms with Gasteiger partial charge in [0, 0.05) is 11.9 Å². The monoisotopic (exact) mass is 332 g/mol. The summed E-state index contributed by atoms with van der Waals surface area (Å²) in [7, 11) is 0. The fourth-order valence-electron chi connectivity index (χ4n) is 1.92. The first kappa shape index (κ1) is 17.4. The van der Waals surface area contributed by atoms with Crippen molar-refractivity contribution in [1.82, 2.24) is 4.98 Å². The van der Waals surface area contributed by atoms with Crippen molar-refractivity contribution in [3.05, 3.63) is 53.5 Å². The lowest BCUT2D eigenvalue weighted by atomic mass is 10.2. The van der Waals surface area contributed by atoms with Crippen LogP contribution in [0.1, 0.15) is 22.8 Å². The molecule has 0 radical (unpaired) electrons. The summed E-state index contributed by atoms with van der Waals surface area (Å²) in [5.41, 5.74) is 1.16. The van der Waals surface area contributed by atoms with E-state index in [0.717, 1.165) is 0 Å². The Kier molecular flexibility index (Phi) is 5.83. The molecule has 0 aliphatic rings. The minimum Gasteiger partial charge on any atom is -0.477 e. The SMILES string of the molecule is CCOc1ncccc1C(=O)OCC(=O)Nc1cc(F)ccc1C. The number of halogens is 1. The van der Waals surface area contributed by atoms with Crippen LogP contribution in [0.2, 0.25) is 0 Å². The molecule has 24 heavy (non-hydrogen) atoms. The molecule has 0 atom stereocenters. The van der Waals surface area contributed by atoms with E-state index in [2.05, 4.69) is 10.3 Å². The van der Waals surface area contributed by atoms with E-state index in [4.69, 9.17) is 9.47 Å². The fourth-order valence-corrected chi connectivity index (χ4v) is 1.92. The van der Waals surface area contributed by atoms with E-state index in [-0.39, 0.29) is 11.4 Å². The van der Waals surface area contributed by atoms with Crippen molar-refractivity contribution in [3.8, 4) is 5.88 Å². The van der Waals surface area contributed by atoms with Crippen molar-refractivity contribution in [2.24, 2.45) is 0 Å². The van der Waals surface area contributed by atoms with Gasteiger partial charge in [0.15, 0.2) is 6.61 Å². The van der Waals surface area contributed by atoms with Gasteiger partial charge < -0.3 is 14.8 Å². The van der Waals surface area contributed by atoms with E-state index in [1.165, 1.54) is 24.4 Å². The highest BCUT2D eigenvalue weighted by Gasteiger charge is 2.16. The molecule has 7 heteroatoms. The first-order valence-electron chi connectivity index (χ1n) is 7.32. The number of hydrogen-bond acceptors (Lipinski definition) is 5. The Morgan fingerprint density at radius 2 is 2.08 bits per heavy atom. The summed E-state index contributed by atoms with van der Waals surface area (Å²) >= 11 is 0. The number of aryl methyl sites for hydroxylation is 1. The van der Waals surface area contributed by atoms with Crippen molar-refractivity contribution in [2.45, 2.75) is 13.8 Å². The van der Waals surface area contributed by atoms with E-state index < -0.39 is 24.3 Å². The molecule has 0 aliphatic carbocycles. The summed E-state index contributed by atoms with van der Waals surface area (Å²) in [5.74, 6) is -1.62. The Balaban J connectivity index is 1.96. The molecule has 0 fully saturated rings. The second-order valence-electron chi connectivity index (χ2n) is 4.87. The van der Waals surface area contributed by atoms with Gasteiger partial charge in [-0.15, -0.1) is 0 Å². The van der Waals surface area contributed by atoms with Crippen LogP contribution >= 0.6 is 0 Å². The van der Waals surface area contributed by atoms with Gasteiger partial charge in [-0.25, -0.2) is 14.2 Å². The third kappa shape index (κ3) is 4.52. The first-order valence-corrected chi connectivity index (χ1v) is 7.32. The number of ether oxygens (including phenoxy) is 2. The summed E-state index contributed by atoms with van der Waals surface area (Å²) < 4.78 is 23.4. The fraction of sp³-hybridized carbons (Fsp3) is 0.235. The van der Waals surface area contributed by atoms with E-state index >= 15 is 0 Å². The Morgan fingerprint density at radius 3 is 2.83 bits per heavy atom. The number of benzene rings is 1. The molecule has 0 spiro atoms. The molecule has 1 heterocycles. The lowest BCUT2D eigenvalue weighted by molar-refractivity contribution is -0.119. The molecule has 0 saturated heterocycles. The van der Waals surface area contributed by atoms with Gasteiger partial charge in [0.25, 0.3) is 5.91 Å². The number of esters is 1. The predicted octanol–water partition coefficient (Wildman–Crippen LogP) is 2.72. The maximum atomic E-state index is 13.2. The van der Waals surface area contributed by atoms with Gasteiger partial charge in [-0.3, -0.25) is 4.79 Å². The summed E-state index contributed by atoms with van der Waals surface area (Å²) in [6, 6.07) is 7.09. The van der Waals surface area contributed by atoms with Crippen LogP contribution in [0.15, 0.2) is 36.5 Å². The molecule has 1 N–H and O–H groups in total. The standard InChI is InChI=1S/C17H17FN2O4/c1-3-23-16-13(5-4-8-19-16)17(22)24-10-15(21)20-14-9-12(18)7-6-11(14)2/h4-9H,3,10H2,1-2H3,(H,20,21). The maximum absolute atomic E-state index is 13.2. The minimum absolute atomic E-state index is 0.133. The molecule has 0 saturated carbocycles. The molecular weight excluding hydrogens is 315 g/mol. The molecule has 126 valence electrons. The molecule has 6 nitrogen and oxygen atoms in total. The van der Waals surface area contributed by atoms with Crippen LogP contribution in [-0.4, -0.2) is 30.1 Å². The smallest absolute Gasteiger partial charge is 0.344 e. The molecule has 2 rings (SSSR count). The van der Waals surface area contributed by atoms with Crippen LogP contribution in [-0.2, 0) is 9.53 Å². The van der Waals surface area contributed by atoms with Crippen LogP contribution < -0.4 is 10.1 Å². The van der Waals surface area contributed by atoms with Gasteiger partial charge in [-0.1, -0.05) is 6.07 Å². The van der Waals surface area contributed by atoms with Crippen LogP contribution in [0.4, 0.5) is 10.1 Å². The number of amides is 1. The number of nitrogens with one attached hydrogen (secondary N) is 1. The van der Waals surface area contributed by atoms with Crippen molar-refractivity contribution < 1.29 is 23.5 Å². The Hall–Kier alpha value is -2.96. The number of carbonyl (C=O) groups is 2. The summed E-state index contributed by atoms with van der Waals surface area (Å²) in [4.78, 5) is 27.8. The maximum Gasteiger partial charge on any atom is 0.344 e. The van der Waals surface area contributed by atoms with Crippen LogP contribution in [0.3, 0.4) is 0 Å². The number of nitrogens with zero attached hydrogens (tertiary/aromatic N) is 1. The van der Waals surface area contributed by atoms with Crippen molar-refractivity contribution in [1.29, 1.82) is 0 Å². The third-order valence-electron chi connectivity index (χ3n) is 3.08. The van der Waals surface area contributed by atoms with Crippen LogP contribution in [0.25, 0.3) is 0 Å². The van der Waals surface area contributed by atoms with Crippen molar-refractivity contribution in [2.75, 3.05) is 18.5 Å². The number of rotatable bonds is 6. The van der Waals surface area contributed by atoms with Gasteiger partial charge in [-0.05, 0) is 43.7 Å². The molecule has 1 aromatic heterocycles. The van der Waals surface area contributed by atoms with E-state index in [1.807, 2.05) is 0 Å². The van der Waals surface area contributed by atoms with E-state index in [1.54, 1.807) is 26.0 Å². The highest BCUT2D eigenvalue weighted by atomic mass is 19.1. The van der Waals surface area contributed by atoms with Crippen molar-refractivity contribution in [3.63, 3.8) is 0 Å². The van der Waals surface area contributed by atoms with Crippen molar-refractivity contribution >= 4 is 17.6 Å². The van der Waals surface area contributed by atoms with Crippen LogP contribution in [0.5, 0.6) is 5.88 Å². The molecular formula is C17H17FN2O4. The average molecular weight is 332 g/mol. The molecule has 1 aromatic carbocycles. The topological polar surface area (TPSA) is 77.5 Å². The van der Waals surface area contributed by atoms with Gasteiger partial charge >= 0.3 is 5.97 Å². The Labute approximate surface area is 138 Å². The number of pyridine rings is 1. The van der Waals surface area contributed by atoms with Gasteiger partial charge in [-0.2, -0.15) is 0 Å². The molecule has 1 amide bonds. The third-order valence-corrected chi connectivity index (χ3v) is 3.08. The second-order valence-corrected chi connectivity index (χ2v) is 4.87. The zero-order valence-corrected chi connectivity index (χ0v) is 13.3. The Bertz CT molecular complexity index is 749. The van der Waals surface area contributed by atoms with E-state index in [0.29, 0.717) is 17.9 Å². The number of aromatic nitrogens is 1. The Morgan fingerprint density at radius 1 is 1.29 bits per heavy atom. The normalized spacial score (nSPS) is 10.1.